The van der Waals surface area contributed by atoms with Crippen molar-refractivity contribution in [1.29, 1.82) is 0 Å². The minimum Gasteiger partial charge on any atom is -0.463 e. The van der Waals surface area contributed by atoms with Crippen molar-refractivity contribution < 1.29 is 4.74 Å². The molecule has 2 aliphatic heterocycles. The molecular formula is C27H23NO. The second-order valence-corrected chi connectivity index (χ2v) is 8.70. The lowest BCUT2D eigenvalue weighted by Gasteiger charge is -2.46. The minimum atomic E-state index is -0.561. The van der Waals surface area contributed by atoms with E-state index in [2.05, 4.69) is 111 Å². The van der Waals surface area contributed by atoms with E-state index in [4.69, 9.17) is 4.74 Å². The van der Waals surface area contributed by atoms with E-state index in [1.165, 1.54) is 38.4 Å². The molecule has 2 aliphatic rings. The predicted octanol–water partition coefficient (Wildman–Crippen LogP) is 6.52. The van der Waals surface area contributed by atoms with Gasteiger partial charge in [-0.15, -0.1) is 0 Å². The molecule has 4 aromatic rings. The fourth-order valence-electron chi connectivity index (χ4n) is 5.42. The molecule has 0 unspecified atom stereocenters. The molecule has 0 radical (unpaired) electrons. The van der Waals surface area contributed by atoms with Crippen molar-refractivity contribution in [2.75, 3.05) is 11.9 Å². The lowest BCUT2D eigenvalue weighted by Crippen LogP contribution is -2.58. The van der Waals surface area contributed by atoms with Crippen molar-refractivity contribution in [3.8, 4) is 5.75 Å². The average molecular weight is 377 g/mol. The molecule has 2 heterocycles. The Morgan fingerprint density at radius 3 is 2.21 bits per heavy atom. The smallest absolute Gasteiger partial charge is 0.211 e. The monoisotopic (exact) mass is 377 g/mol. The number of benzene rings is 4. The van der Waals surface area contributed by atoms with E-state index >= 15 is 0 Å². The van der Waals surface area contributed by atoms with Crippen LogP contribution in [0.25, 0.3) is 27.6 Å². The van der Waals surface area contributed by atoms with Crippen LogP contribution in [-0.4, -0.2) is 12.8 Å². The molecule has 1 spiro atoms. The molecule has 6 rings (SSSR count). The molecule has 4 aromatic carbocycles. The molecule has 0 aromatic heterocycles. The molecule has 0 saturated carbocycles. The lowest BCUT2D eigenvalue weighted by atomic mass is 9.74. The van der Waals surface area contributed by atoms with Crippen LogP contribution >= 0.6 is 0 Å². The highest BCUT2D eigenvalue weighted by Gasteiger charge is 2.58. The minimum absolute atomic E-state index is 0.224. The number of nitrogens with zero attached hydrogens (tertiary/aromatic N) is 1. The summed E-state index contributed by atoms with van der Waals surface area (Å²) in [7, 11) is 2.15. The van der Waals surface area contributed by atoms with Gasteiger partial charge in [-0.25, -0.2) is 0 Å². The zero-order chi connectivity index (χ0) is 19.8. The van der Waals surface area contributed by atoms with E-state index in [1.807, 2.05) is 0 Å². The summed E-state index contributed by atoms with van der Waals surface area (Å²) in [6, 6.07) is 25.9. The molecule has 0 aliphatic carbocycles. The summed E-state index contributed by atoms with van der Waals surface area (Å²) in [5, 5.41) is 5.05. The van der Waals surface area contributed by atoms with Gasteiger partial charge in [-0.2, -0.15) is 0 Å². The first-order valence-electron chi connectivity index (χ1n) is 10.2. The standard InChI is InChI=1S/C27H23NO/c1-26(2)25-21-11-7-5-9-19(21)12-14-23(25)28(3)27(26)17-16-22-20-10-6-4-8-18(20)13-15-24(22)29-27/h4-17H,1-3H3/t27-/m1/s1. The Balaban J connectivity index is 1.59. The van der Waals surface area contributed by atoms with E-state index in [1.54, 1.807) is 0 Å². The molecule has 2 nitrogen and oxygen atoms in total. The number of ether oxygens (including phenoxy) is 1. The first-order chi connectivity index (χ1) is 14.0. The molecule has 29 heavy (non-hydrogen) atoms. The van der Waals surface area contributed by atoms with Crippen molar-refractivity contribution >= 4 is 33.3 Å². The van der Waals surface area contributed by atoms with Crippen LogP contribution in [0.5, 0.6) is 5.75 Å². The molecule has 142 valence electrons. The van der Waals surface area contributed by atoms with Crippen LogP contribution in [0.1, 0.15) is 25.0 Å². The van der Waals surface area contributed by atoms with Crippen molar-refractivity contribution in [1.82, 2.24) is 0 Å². The summed E-state index contributed by atoms with van der Waals surface area (Å²) < 4.78 is 6.89. The Labute approximate surface area is 171 Å². The van der Waals surface area contributed by atoms with Gasteiger partial charge in [0.1, 0.15) is 5.75 Å². The second kappa shape index (κ2) is 5.42. The van der Waals surface area contributed by atoms with Gasteiger partial charge < -0.3 is 9.64 Å². The summed E-state index contributed by atoms with van der Waals surface area (Å²) in [4.78, 5) is 2.31. The van der Waals surface area contributed by atoms with Gasteiger partial charge in [0.25, 0.3) is 0 Å². The zero-order valence-electron chi connectivity index (χ0n) is 16.9. The van der Waals surface area contributed by atoms with E-state index in [0.717, 1.165) is 5.75 Å². The molecule has 1 atom stereocenters. The Kier molecular flexibility index (Phi) is 3.11. The van der Waals surface area contributed by atoms with Gasteiger partial charge in [-0.1, -0.05) is 60.7 Å². The highest BCUT2D eigenvalue weighted by atomic mass is 16.5. The maximum absolute atomic E-state index is 6.89. The van der Waals surface area contributed by atoms with Crippen molar-refractivity contribution in [2.45, 2.75) is 25.0 Å². The van der Waals surface area contributed by atoms with Crippen LogP contribution in [0.2, 0.25) is 0 Å². The highest BCUT2D eigenvalue weighted by molar-refractivity contribution is 5.96. The van der Waals surface area contributed by atoms with Crippen LogP contribution in [0.15, 0.2) is 78.9 Å². The van der Waals surface area contributed by atoms with E-state index in [-0.39, 0.29) is 5.41 Å². The Bertz CT molecular complexity index is 1330. The normalized spacial score (nSPS) is 21.4. The van der Waals surface area contributed by atoms with Crippen molar-refractivity contribution in [2.24, 2.45) is 0 Å². The molecule has 0 amide bonds. The zero-order valence-corrected chi connectivity index (χ0v) is 16.9. The van der Waals surface area contributed by atoms with E-state index in [0.29, 0.717) is 0 Å². The first-order valence-corrected chi connectivity index (χ1v) is 10.2. The number of hydrogen-bond donors (Lipinski definition) is 0. The fraction of sp³-hybridized carbons (Fsp3) is 0.185. The van der Waals surface area contributed by atoms with Gasteiger partial charge in [0, 0.05) is 18.3 Å². The maximum atomic E-state index is 6.89. The van der Waals surface area contributed by atoms with E-state index < -0.39 is 5.72 Å². The molecule has 2 heteroatoms. The van der Waals surface area contributed by atoms with Crippen LogP contribution in [-0.2, 0) is 5.41 Å². The second-order valence-electron chi connectivity index (χ2n) is 8.70. The summed E-state index contributed by atoms with van der Waals surface area (Å²) in [6.07, 6.45) is 4.52. The molecule has 0 saturated heterocycles. The average Bonchev–Trinajstić information content (AvgIpc) is 2.92. The lowest BCUT2D eigenvalue weighted by molar-refractivity contribution is 0.0588. The molecular weight excluding hydrogens is 354 g/mol. The number of fused-ring (bicyclic) bond motifs is 6. The summed E-state index contributed by atoms with van der Waals surface area (Å²) in [5.74, 6) is 0.947. The van der Waals surface area contributed by atoms with Crippen LogP contribution in [0.4, 0.5) is 5.69 Å². The van der Waals surface area contributed by atoms with Gasteiger partial charge in [-0.05, 0) is 65.2 Å². The third kappa shape index (κ3) is 1.96. The summed E-state index contributed by atoms with van der Waals surface area (Å²) in [5.41, 5.74) is 2.97. The number of likely N-dealkylation sites (N-methyl/N-ethyl adjacent to an activating group) is 1. The van der Waals surface area contributed by atoms with Gasteiger partial charge in [0.05, 0.1) is 5.41 Å². The number of anilines is 1. The first kappa shape index (κ1) is 16.7. The third-order valence-corrected chi connectivity index (χ3v) is 6.96. The number of rotatable bonds is 0. The number of hydrogen-bond acceptors (Lipinski definition) is 2. The van der Waals surface area contributed by atoms with Gasteiger partial charge >= 0.3 is 0 Å². The Hall–Kier alpha value is -3.26. The molecule has 0 bridgehead atoms. The summed E-state index contributed by atoms with van der Waals surface area (Å²) >= 11 is 0. The molecule has 0 fully saturated rings. The predicted molar refractivity (Wildman–Crippen MR) is 122 cm³/mol. The molecule has 0 N–H and O–H groups in total. The van der Waals surface area contributed by atoms with Gasteiger partial charge in [-0.3, -0.25) is 0 Å². The Morgan fingerprint density at radius 2 is 1.41 bits per heavy atom. The fourth-order valence-corrected chi connectivity index (χ4v) is 5.42. The SMILES string of the molecule is CN1c2ccc3ccccc3c2C(C)(C)[C@]12C=Cc1c(ccc3ccccc13)O2. The van der Waals surface area contributed by atoms with Crippen molar-refractivity contribution in [3.63, 3.8) is 0 Å². The Morgan fingerprint density at radius 1 is 0.759 bits per heavy atom. The third-order valence-electron chi connectivity index (χ3n) is 6.96. The largest absolute Gasteiger partial charge is 0.463 e. The quantitative estimate of drug-likeness (QED) is 0.346. The van der Waals surface area contributed by atoms with Crippen molar-refractivity contribution in [3.05, 3.63) is 90.0 Å². The topological polar surface area (TPSA) is 12.5 Å². The van der Waals surface area contributed by atoms with Crippen LogP contribution < -0.4 is 9.64 Å². The summed E-state index contributed by atoms with van der Waals surface area (Å²) in [6.45, 7) is 4.61. The van der Waals surface area contributed by atoms with Gasteiger partial charge in [0.15, 0.2) is 0 Å². The van der Waals surface area contributed by atoms with Crippen LogP contribution in [0, 0.1) is 0 Å². The maximum Gasteiger partial charge on any atom is 0.211 e. The highest BCUT2D eigenvalue weighted by Crippen LogP contribution is 2.56. The van der Waals surface area contributed by atoms with Gasteiger partial charge in [0.2, 0.25) is 5.72 Å². The van der Waals surface area contributed by atoms with Crippen LogP contribution in [0.3, 0.4) is 0 Å². The van der Waals surface area contributed by atoms with E-state index in [9.17, 15) is 0 Å².